The molecule has 0 spiro atoms. The van der Waals surface area contributed by atoms with Crippen molar-refractivity contribution in [3.8, 4) is 0 Å². The van der Waals surface area contributed by atoms with Gasteiger partial charge in [0.05, 0.1) is 0 Å². The van der Waals surface area contributed by atoms with Crippen LogP contribution in [0.3, 0.4) is 0 Å². The first-order valence-corrected chi connectivity index (χ1v) is 6.16. The fourth-order valence-electron chi connectivity index (χ4n) is 1.61. The van der Waals surface area contributed by atoms with E-state index < -0.39 is 0 Å². The summed E-state index contributed by atoms with van der Waals surface area (Å²) < 4.78 is 0. The molecule has 2 aromatic rings. The van der Waals surface area contributed by atoms with E-state index in [0.29, 0.717) is 22.0 Å². The van der Waals surface area contributed by atoms with Gasteiger partial charge in [0.25, 0.3) is 5.91 Å². The summed E-state index contributed by atoms with van der Waals surface area (Å²) in [6, 6.07) is 13.9. The van der Waals surface area contributed by atoms with Crippen molar-refractivity contribution >= 4 is 28.9 Å². The Morgan fingerprint density at radius 1 is 1.00 bits per heavy atom. The second-order valence-corrected chi connectivity index (χ2v) is 4.60. The molecule has 0 saturated carbocycles. The van der Waals surface area contributed by atoms with Gasteiger partial charge in [-0.2, -0.15) is 0 Å². The summed E-state index contributed by atoms with van der Waals surface area (Å²) in [4.78, 5) is 11.9. The zero-order chi connectivity index (χ0) is 13.8. The number of hydrogen-bond acceptors (Lipinski definition) is 2. The van der Waals surface area contributed by atoms with Crippen molar-refractivity contribution in [2.75, 3.05) is 5.32 Å². The summed E-state index contributed by atoms with van der Waals surface area (Å²) in [5.74, 6) is -0.184. The molecular weight excluding hydrogens is 260 g/mol. The van der Waals surface area contributed by atoms with Crippen molar-refractivity contribution < 1.29 is 4.79 Å². The normalized spacial score (nSPS) is 10.0. The highest BCUT2D eigenvalue weighted by atomic mass is 35.5. The van der Waals surface area contributed by atoms with Gasteiger partial charge >= 0.3 is 0 Å². The van der Waals surface area contributed by atoms with Crippen molar-refractivity contribution in [3.63, 3.8) is 0 Å². The van der Waals surface area contributed by atoms with Crippen LogP contribution in [0.25, 0.3) is 0 Å². The minimum Gasteiger partial charge on any atom is -0.322 e. The predicted molar refractivity (Wildman–Crippen MR) is 78.3 cm³/mol. The number of nitrogens with one attached hydrogen (secondary N) is 2. The van der Waals surface area contributed by atoms with E-state index in [2.05, 4.69) is 5.32 Å². The van der Waals surface area contributed by atoms with E-state index in [-0.39, 0.29) is 5.91 Å². The number of amides is 1. The lowest BCUT2D eigenvalue weighted by Crippen LogP contribution is -2.11. The molecule has 0 unspecified atom stereocenters. The summed E-state index contributed by atoms with van der Waals surface area (Å²) in [6.45, 7) is 1.72. The Morgan fingerprint density at radius 3 is 2.05 bits per heavy atom. The standard InChI is InChI=1S/C15H13ClN2O/c1-10(17)11-4-8-14(9-5-11)18-15(19)12-2-6-13(16)7-3-12/h2-9,17H,1H3,(H,18,19). The molecule has 0 saturated heterocycles. The van der Waals surface area contributed by atoms with Crippen LogP contribution in [-0.2, 0) is 0 Å². The molecule has 96 valence electrons. The van der Waals surface area contributed by atoms with Gasteiger partial charge in [-0.05, 0) is 48.9 Å². The Kier molecular flexibility index (Phi) is 3.97. The number of halogens is 1. The van der Waals surface area contributed by atoms with Gasteiger partial charge in [0.2, 0.25) is 0 Å². The first kappa shape index (κ1) is 13.3. The van der Waals surface area contributed by atoms with Gasteiger partial charge in [-0.3, -0.25) is 4.79 Å². The van der Waals surface area contributed by atoms with Crippen LogP contribution in [-0.4, -0.2) is 11.6 Å². The van der Waals surface area contributed by atoms with E-state index in [1.54, 1.807) is 55.5 Å². The molecule has 0 aliphatic heterocycles. The van der Waals surface area contributed by atoms with Gasteiger partial charge in [-0.25, -0.2) is 0 Å². The van der Waals surface area contributed by atoms with Crippen LogP contribution in [0.1, 0.15) is 22.8 Å². The fourth-order valence-corrected chi connectivity index (χ4v) is 1.73. The van der Waals surface area contributed by atoms with Crippen molar-refractivity contribution in [2.45, 2.75) is 6.92 Å². The van der Waals surface area contributed by atoms with Crippen LogP contribution in [0, 0.1) is 5.41 Å². The van der Waals surface area contributed by atoms with E-state index in [4.69, 9.17) is 17.0 Å². The largest absolute Gasteiger partial charge is 0.322 e. The third-order valence-corrected chi connectivity index (χ3v) is 2.93. The number of carbonyl (C=O) groups is 1. The monoisotopic (exact) mass is 272 g/mol. The van der Waals surface area contributed by atoms with Crippen molar-refractivity contribution in [3.05, 3.63) is 64.7 Å². The molecule has 2 rings (SSSR count). The van der Waals surface area contributed by atoms with Crippen LogP contribution in [0.15, 0.2) is 48.5 Å². The number of rotatable bonds is 3. The number of carbonyl (C=O) groups excluding carboxylic acids is 1. The van der Waals surface area contributed by atoms with E-state index in [1.165, 1.54) is 0 Å². The van der Waals surface area contributed by atoms with Crippen LogP contribution >= 0.6 is 11.6 Å². The molecule has 0 radical (unpaired) electrons. The highest BCUT2D eigenvalue weighted by Crippen LogP contribution is 2.13. The van der Waals surface area contributed by atoms with E-state index in [1.807, 2.05) is 0 Å². The molecule has 0 bridgehead atoms. The van der Waals surface area contributed by atoms with Gasteiger partial charge in [0.15, 0.2) is 0 Å². The van der Waals surface area contributed by atoms with Crippen LogP contribution < -0.4 is 5.32 Å². The minimum atomic E-state index is -0.184. The highest BCUT2D eigenvalue weighted by Gasteiger charge is 2.05. The molecule has 1 amide bonds. The highest BCUT2D eigenvalue weighted by molar-refractivity contribution is 6.30. The van der Waals surface area contributed by atoms with E-state index >= 15 is 0 Å². The van der Waals surface area contributed by atoms with Gasteiger partial charge in [0, 0.05) is 22.0 Å². The van der Waals surface area contributed by atoms with Crippen LogP contribution in [0.5, 0.6) is 0 Å². The van der Waals surface area contributed by atoms with Gasteiger partial charge in [-0.1, -0.05) is 23.7 Å². The van der Waals surface area contributed by atoms with Gasteiger partial charge in [-0.15, -0.1) is 0 Å². The molecule has 0 aromatic heterocycles. The Balaban J connectivity index is 2.10. The fraction of sp³-hybridized carbons (Fsp3) is 0.0667. The number of anilines is 1. The Labute approximate surface area is 116 Å². The molecule has 2 N–H and O–H groups in total. The third-order valence-electron chi connectivity index (χ3n) is 2.68. The molecule has 0 atom stereocenters. The Hall–Kier alpha value is -2.13. The SMILES string of the molecule is CC(=N)c1ccc(NC(=O)c2ccc(Cl)cc2)cc1. The maximum absolute atomic E-state index is 11.9. The van der Waals surface area contributed by atoms with Gasteiger partial charge in [0.1, 0.15) is 0 Å². The maximum atomic E-state index is 11.9. The predicted octanol–water partition coefficient (Wildman–Crippen LogP) is 3.98. The van der Waals surface area contributed by atoms with Crippen molar-refractivity contribution in [1.29, 1.82) is 5.41 Å². The summed E-state index contributed by atoms with van der Waals surface area (Å²) in [7, 11) is 0. The minimum absolute atomic E-state index is 0.184. The van der Waals surface area contributed by atoms with Crippen molar-refractivity contribution in [2.24, 2.45) is 0 Å². The molecule has 0 aliphatic carbocycles. The number of hydrogen-bond donors (Lipinski definition) is 2. The summed E-state index contributed by atoms with van der Waals surface area (Å²) in [5.41, 5.74) is 2.58. The van der Waals surface area contributed by atoms with Gasteiger partial charge < -0.3 is 10.7 Å². The average molecular weight is 273 g/mol. The summed E-state index contributed by atoms with van der Waals surface area (Å²) in [6.07, 6.45) is 0. The molecule has 3 nitrogen and oxygen atoms in total. The lowest BCUT2D eigenvalue weighted by molar-refractivity contribution is 0.102. The lowest BCUT2D eigenvalue weighted by Gasteiger charge is -2.06. The molecule has 0 fully saturated rings. The number of benzene rings is 2. The summed E-state index contributed by atoms with van der Waals surface area (Å²) in [5, 5.41) is 10.9. The molecule has 19 heavy (non-hydrogen) atoms. The second kappa shape index (κ2) is 5.67. The topological polar surface area (TPSA) is 53.0 Å². The Bertz CT molecular complexity index is 603. The molecular formula is C15H13ClN2O. The lowest BCUT2D eigenvalue weighted by atomic mass is 10.1. The first-order valence-electron chi connectivity index (χ1n) is 5.79. The quantitative estimate of drug-likeness (QED) is 0.816. The zero-order valence-corrected chi connectivity index (χ0v) is 11.2. The molecule has 0 aliphatic rings. The second-order valence-electron chi connectivity index (χ2n) is 4.16. The molecule has 0 heterocycles. The maximum Gasteiger partial charge on any atom is 0.255 e. The van der Waals surface area contributed by atoms with E-state index in [0.717, 1.165) is 5.56 Å². The zero-order valence-electron chi connectivity index (χ0n) is 10.4. The third kappa shape index (κ3) is 3.42. The Morgan fingerprint density at radius 2 is 1.53 bits per heavy atom. The molecule has 2 aromatic carbocycles. The first-order chi connectivity index (χ1) is 9.06. The van der Waals surface area contributed by atoms with Crippen LogP contribution in [0.2, 0.25) is 5.02 Å². The van der Waals surface area contributed by atoms with E-state index in [9.17, 15) is 4.79 Å². The summed E-state index contributed by atoms with van der Waals surface area (Å²) >= 11 is 5.77. The van der Waals surface area contributed by atoms with Crippen molar-refractivity contribution in [1.82, 2.24) is 0 Å². The molecule has 4 heteroatoms. The average Bonchev–Trinajstić information content (AvgIpc) is 2.40. The smallest absolute Gasteiger partial charge is 0.255 e. The van der Waals surface area contributed by atoms with Crippen LogP contribution in [0.4, 0.5) is 5.69 Å².